The molecular formula is C14H21F3N2OS. The van der Waals surface area contributed by atoms with Crippen LogP contribution in [0, 0.1) is 12.8 Å². The van der Waals surface area contributed by atoms with E-state index in [9.17, 15) is 13.2 Å². The second kappa shape index (κ2) is 8.48. The molecule has 0 saturated heterocycles. The van der Waals surface area contributed by atoms with Crippen molar-refractivity contribution in [1.82, 2.24) is 10.3 Å². The van der Waals surface area contributed by atoms with Gasteiger partial charge in [-0.1, -0.05) is 13.8 Å². The molecule has 1 rings (SSSR count). The Balaban J connectivity index is 2.52. The van der Waals surface area contributed by atoms with Gasteiger partial charge >= 0.3 is 5.51 Å². The summed E-state index contributed by atoms with van der Waals surface area (Å²) >= 11 is -0.0774. The third-order valence-electron chi connectivity index (χ3n) is 2.52. The van der Waals surface area contributed by atoms with E-state index in [0.717, 1.165) is 17.9 Å². The van der Waals surface area contributed by atoms with Crippen LogP contribution in [0.2, 0.25) is 0 Å². The predicted octanol–water partition coefficient (Wildman–Crippen LogP) is 3.77. The van der Waals surface area contributed by atoms with Crippen LogP contribution in [0.3, 0.4) is 0 Å². The molecule has 0 unspecified atom stereocenters. The van der Waals surface area contributed by atoms with E-state index < -0.39 is 5.51 Å². The zero-order valence-corrected chi connectivity index (χ0v) is 13.3. The van der Waals surface area contributed by atoms with Gasteiger partial charge in [-0.05, 0) is 43.3 Å². The molecule has 0 aromatic carbocycles. The van der Waals surface area contributed by atoms with Crippen LogP contribution in [-0.2, 0) is 6.54 Å². The van der Waals surface area contributed by atoms with E-state index in [4.69, 9.17) is 4.74 Å². The highest BCUT2D eigenvalue weighted by Crippen LogP contribution is 2.30. The number of nitrogens with one attached hydrogen (secondary N) is 1. The smallest absolute Gasteiger partial charge is 0.441 e. The molecule has 21 heavy (non-hydrogen) atoms. The monoisotopic (exact) mass is 322 g/mol. The van der Waals surface area contributed by atoms with E-state index in [1.165, 1.54) is 0 Å². The summed E-state index contributed by atoms with van der Waals surface area (Å²) in [4.78, 5) is 4.38. The number of aromatic nitrogens is 1. The number of aryl methyl sites for hydroxylation is 1. The van der Waals surface area contributed by atoms with Crippen molar-refractivity contribution in [3.05, 3.63) is 23.5 Å². The summed E-state index contributed by atoms with van der Waals surface area (Å²) in [5.41, 5.74) is -2.63. The van der Waals surface area contributed by atoms with Crippen molar-refractivity contribution in [2.24, 2.45) is 5.92 Å². The molecule has 0 saturated carbocycles. The fraction of sp³-hybridized carbons (Fsp3) is 0.643. The molecule has 7 heteroatoms. The summed E-state index contributed by atoms with van der Waals surface area (Å²) in [6.45, 7) is 7.47. The predicted molar refractivity (Wildman–Crippen MR) is 79.5 cm³/mol. The van der Waals surface area contributed by atoms with Crippen molar-refractivity contribution in [1.29, 1.82) is 0 Å². The summed E-state index contributed by atoms with van der Waals surface area (Å²) in [5, 5.41) is 3.26. The summed E-state index contributed by atoms with van der Waals surface area (Å²) in [7, 11) is 0. The quantitative estimate of drug-likeness (QED) is 0.739. The standard InChI is InChI=1S/C14H21F3N2OS/c1-10(2)8-18-9-12-13(5-4-11(3)19-12)20-6-7-21-14(15,16)17/h4-5,10,18H,6-9H2,1-3H3. The Kier molecular flexibility index (Phi) is 7.31. The number of pyridine rings is 1. The van der Waals surface area contributed by atoms with Crippen LogP contribution in [0.4, 0.5) is 13.2 Å². The average molecular weight is 322 g/mol. The van der Waals surface area contributed by atoms with Crippen LogP contribution in [0.25, 0.3) is 0 Å². The second-order valence-electron chi connectivity index (χ2n) is 5.06. The van der Waals surface area contributed by atoms with Gasteiger partial charge in [-0.15, -0.1) is 0 Å². The summed E-state index contributed by atoms with van der Waals surface area (Å²) < 4.78 is 41.5. The summed E-state index contributed by atoms with van der Waals surface area (Å²) in [6, 6.07) is 3.55. The van der Waals surface area contributed by atoms with E-state index in [1.54, 1.807) is 12.1 Å². The van der Waals surface area contributed by atoms with Gasteiger partial charge in [0.25, 0.3) is 0 Å². The van der Waals surface area contributed by atoms with E-state index in [2.05, 4.69) is 24.1 Å². The first-order valence-electron chi connectivity index (χ1n) is 6.78. The van der Waals surface area contributed by atoms with Crippen molar-refractivity contribution < 1.29 is 17.9 Å². The summed E-state index contributed by atoms with van der Waals surface area (Å²) in [5.74, 6) is 0.929. The lowest BCUT2D eigenvalue weighted by molar-refractivity contribution is -0.0329. The van der Waals surface area contributed by atoms with Crippen LogP contribution in [0.5, 0.6) is 5.75 Å². The molecule has 0 fully saturated rings. The second-order valence-corrected chi connectivity index (χ2v) is 6.22. The Hall–Kier alpha value is -0.950. The molecule has 0 aliphatic rings. The minimum atomic E-state index is -4.21. The number of alkyl halides is 3. The maximum Gasteiger partial charge on any atom is 0.441 e. The number of nitrogens with zero attached hydrogens (tertiary/aromatic N) is 1. The first-order chi connectivity index (χ1) is 9.78. The lowest BCUT2D eigenvalue weighted by atomic mass is 10.2. The molecule has 1 aromatic rings. The number of ether oxygens (including phenoxy) is 1. The Labute approximate surface area is 127 Å². The van der Waals surface area contributed by atoms with E-state index >= 15 is 0 Å². The minimum absolute atomic E-state index is 0.00605. The molecule has 0 amide bonds. The van der Waals surface area contributed by atoms with E-state index in [1.807, 2.05) is 6.92 Å². The third-order valence-corrected chi connectivity index (χ3v) is 3.22. The fourth-order valence-corrected chi connectivity index (χ4v) is 2.04. The maximum atomic E-state index is 12.0. The van der Waals surface area contributed by atoms with Crippen molar-refractivity contribution in [2.45, 2.75) is 32.8 Å². The molecule has 1 aromatic heterocycles. The molecule has 0 bridgehead atoms. The topological polar surface area (TPSA) is 34.1 Å². The number of hydrogen-bond donors (Lipinski definition) is 1. The Morgan fingerprint density at radius 3 is 2.67 bits per heavy atom. The van der Waals surface area contributed by atoms with E-state index in [0.29, 0.717) is 18.2 Å². The van der Waals surface area contributed by atoms with Gasteiger partial charge < -0.3 is 10.1 Å². The van der Waals surface area contributed by atoms with Gasteiger partial charge in [0.05, 0.1) is 12.3 Å². The number of hydrogen-bond acceptors (Lipinski definition) is 4. The van der Waals surface area contributed by atoms with Gasteiger partial charge in [-0.3, -0.25) is 4.98 Å². The Morgan fingerprint density at radius 2 is 2.05 bits per heavy atom. The Bertz CT molecular complexity index is 439. The van der Waals surface area contributed by atoms with Crippen molar-refractivity contribution >= 4 is 11.8 Å². The molecule has 0 spiro atoms. The van der Waals surface area contributed by atoms with Gasteiger partial charge in [0.2, 0.25) is 0 Å². The first-order valence-corrected chi connectivity index (χ1v) is 7.77. The molecular weight excluding hydrogens is 301 g/mol. The summed E-state index contributed by atoms with van der Waals surface area (Å²) in [6.07, 6.45) is 0. The van der Waals surface area contributed by atoms with Crippen LogP contribution < -0.4 is 10.1 Å². The zero-order valence-electron chi connectivity index (χ0n) is 12.5. The van der Waals surface area contributed by atoms with Crippen LogP contribution >= 0.6 is 11.8 Å². The van der Waals surface area contributed by atoms with Gasteiger partial charge in [-0.2, -0.15) is 13.2 Å². The largest absolute Gasteiger partial charge is 0.491 e. The third kappa shape index (κ3) is 8.16. The fourth-order valence-electron chi connectivity index (χ4n) is 1.64. The van der Waals surface area contributed by atoms with Gasteiger partial charge in [0.1, 0.15) is 5.75 Å². The highest BCUT2D eigenvalue weighted by atomic mass is 32.2. The molecule has 0 aliphatic heterocycles. The van der Waals surface area contributed by atoms with E-state index in [-0.39, 0.29) is 24.1 Å². The maximum absolute atomic E-state index is 12.0. The van der Waals surface area contributed by atoms with Crippen LogP contribution in [0.15, 0.2) is 12.1 Å². The van der Waals surface area contributed by atoms with Gasteiger partial charge in [-0.25, -0.2) is 0 Å². The molecule has 120 valence electrons. The average Bonchev–Trinajstić information content (AvgIpc) is 2.35. The number of halogens is 3. The van der Waals surface area contributed by atoms with Crippen LogP contribution in [-0.4, -0.2) is 29.4 Å². The normalized spacial score (nSPS) is 12.0. The van der Waals surface area contributed by atoms with Gasteiger partial charge in [0.15, 0.2) is 0 Å². The first kappa shape index (κ1) is 18.1. The molecule has 0 aliphatic carbocycles. The van der Waals surface area contributed by atoms with Crippen molar-refractivity contribution in [3.63, 3.8) is 0 Å². The Morgan fingerprint density at radius 1 is 1.33 bits per heavy atom. The number of thioether (sulfide) groups is 1. The number of rotatable bonds is 8. The lowest BCUT2D eigenvalue weighted by Crippen LogP contribution is -2.20. The van der Waals surface area contributed by atoms with Crippen molar-refractivity contribution in [3.8, 4) is 5.75 Å². The molecule has 3 nitrogen and oxygen atoms in total. The SMILES string of the molecule is Cc1ccc(OCCSC(F)(F)F)c(CNCC(C)C)n1. The molecule has 1 N–H and O–H groups in total. The minimum Gasteiger partial charge on any atom is -0.491 e. The molecule has 1 heterocycles. The molecule has 0 radical (unpaired) electrons. The highest BCUT2D eigenvalue weighted by Gasteiger charge is 2.27. The van der Waals surface area contributed by atoms with Crippen LogP contribution in [0.1, 0.15) is 25.2 Å². The lowest BCUT2D eigenvalue weighted by Gasteiger charge is -2.13. The highest BCUT2D eigenvalue weighted by molar-refractivity contribution is 8.00. The van der Waals surface area contributed by atoms with Crippen molar-refractivity contribution in [2.75, 3.05) is 18.9 Å². The molecule has 0 atom stereocenters. The zero-order chi connectivity index (χ0) is 15.9. The van der Waals surface area contributed by atoms with Gasteiger partial charge in [0, 0.05) is 18.0 Å².